The minimum absolute atomic E-state index is 0.0881. The second-order valence-corrected chi connectivity index (χ2v) is 3.72. The topological polar surface area (TPSA) is 29.3 Å². The molecule has 1 atom stereocenters. The average molecular weight is 196 g/mol. The fraction of sp³-hybridized carbons (Fsp3) is 0.455. The Morgan fingerprint density at radius 1 is 1.43 bits per heavy atom. The van der Waals surface area contributed by atoms with Crippen molar-refractivity contribution in [1.29, 1.82) is 0 Å². The highest BCUT2D eigenvalue weighted by Crippen LogP contribution is 2.19. The van der Waals surface area contributed by atoms with Crippen molar-refractivity contribution in [2.75, 3.05) is 20.6 Å². The second-order valence-electron chi connectivity index (χ2n) is 3.72. The van der Waals surface area contributed by atoms with E-state index in [1.165, 1.54) is 0 Å². The van der Waals surface area contributed by atoms with Gasteiger partial charge in [0.15, 0.2) is 0 Å². The van der Waals surface area contributed by atoms with Gasteiger partial charge in [-0.05, 0) is 38.2 Å². The van der Waals surface area contributed by atoms with Crippen molar-refractivity contribution in [2.45, 2.75) is 13.0 Å². The van der Waals surface area contributed by atoms with Crippen LogP contribution in [0.15, 0.2) is 18.2 Å². The first-order valence-corrected chi connectivity index (χ1v) is 4.68. The van der Waals surface area contributed by atoms with Gasteiger partial charge in [-0.25, -0.2) is 4.39 Å². The van der Waals surface area contributed by atoms with Crippen LogP contribution in [0.1, 0.15) is 17.2 Å². The summed E-state index contributed by atoms with van der Waals surface area (Å²) in [7, 11) is 3.88. The Bertz CT molecular complexity index is 310. The molecule has 0 aliphatic carbocycles. The van der Waals surface area contributed by atoms with E-state index < -0.39 is 0 Å². The molecule has 0 bridgehead atoms. The van der Waals surface area contributed by atoms with Crippen LogP contribution in [0, 0.1) is 12.7 Å². The van der Waals surface area contributed by atoms with Crippen LogP contribution >= 0.6 is 0 Å². The molecule has 0 fully saturated rings. The van der Waals surface area contributed by atoms with Gasteiger partial charge in [-0.2, -0.15) is 0 Å². The Kier molecular flexibility index (Phi) is 3.61. The molecule has 0 aromatic heterocycles. The summed E-state index contributed by atoms with van der Waals surface area (Å²) in [5, 5.41) is 0. The Morgan fingerprint density at radius 3 is 2.50 bits per heavy atom. The van der Waals surface area contributed by atoms with Gasteiger partial charge in [0.2, 0.25) is 0 Å². The van der Waals surface area contributed by atoms with Crippen molar-refractivity contribution >= 4 is 0 Å². The van der Waals surface area contributed by atoms with E-state index in [1.54, 1.807) is 19.1 Å². The molecule has 0 radical (unpaired) electrons. The van der Waals surface area contributed by atoms with Crippen LogP contribution in [0.25, 0.3) is 0 Å². The fourth-order valence-electron chi connectivity index (χ4n) is 1.46. The van der Waals surface area contributed by atoms with Gasteiger partial charge in [0.25, 0.3) is 0 Å². The Morgan fingerprint density at radius 2 is 2.07 bits per heavy atom. The molecule has 0 saturated carbocycles. The third-order valence-electron chi connectivity index (χ3n) is 2.43. The molecule has 0 amide bonds. The van der Waals surface area contributed by atoms with Crippen molar-refractivity contribution in [1.82, 2.24) is 4.90 Å². The number of benzene rings is 1. The standard InChI is InChI=1S/C11H17FN2/c1-8-4-5-9(6-10(8)12)11(7-13)14(2)3/h4-6,11H,7,13H2,1-3H3/t11-/m1/s1. The lowest BCUT2D eigenvalue weighted by atomic mass is 10.0. The summed E-state index contributed by atoms with van der Waals surface area (Å²) < 4.78 is 13.3. The number of nitrogens with two attached hydrogens (primary N) is 1. The first-order valence-electron chi connectivity index (χ1n) is 4.68. The maximum Gasteiger partial charge on any atom is 0.126 e. The number of nitrogens with zero attached hydrogens (tertiary/aromatic N) is 1. The highest BCUT2D eigenvalue weighted by Gasteiger charge is 2.12. The molecule has 0 aliphatic heterocycles. The normalized spacial score (nSPS) is 13.3. The molecule has 78 valence electrons. The minimum Gasteiger partial charge on any atom is -0.329 e. The smallest absolute Gasteiger partial charge is 0.126 e. The van der Waals surface area contributed by atoms with Crippen LogP contribution in [-0.2, 0) is 0 Å². The van der Waals surface area contributed by atoms with Crippen LogP contribution < -0.4 is 5.73 Å². The summed E-state index contributed by atoms with van der Waals surface area (Å²) in [6.45, 7) is 2.25. The van der Waals surface area contributed by atoms with E-state index >= 15 is 0 Å². The lowest BCUT2D eigenvalue weighted by molar-refractivity contribution is 0.305. The molecule has 1 rings (SSSR count). The molecule has 3 heteroatoms. The number of aryl methyl sites for hydroxylation is 1. The molecule has 1 aromatic carbocycles. The van der Waals surface area contributed by atoms with Crippen molar-refractivity contribution in [3.63, 3.8) is 0 Å². The summed E-state index contributed by atoms with van der Waals surface area (Å²) in [5.74, 6) is -0.164. The zero-order chi connectivity index (χ0) is 10.7. The van der Waals surface area contributed by atoms with Gasteiger partial charge in [0.1, 0.15) is 5.82 Å². The first-order chi connectivity index (χ1) is 6.56. The molecular formula is C11H17FN2. The van der Waals surface area contributed by atoms with Crippen molar-refractivity contribution in [3.8, 4) is 0 Å². The molecule has 2 nitrogen and oxygen atoms in total. The van der Waals surface area contributed by atoms with Crippen molar-refractivity contribution in [3.05, 3.63) is 35.1 Å². The van der Waals surface area contributed by atoms with Gasteiger partial charge in [0, 0.05) is 12.6 Å². The second kappa shape index (κ2) is 4.53. The highest BCUT2D eigenvalue weighted by molar-refractivity contribution is 5.26. The van der Waals surface area contributed by atoms with Crippen LogP contribution in [0.4, 0.5) is 4.39 Å². The molecule has 2 N–H and O–H groups in total. The van der Waals surface area contributed by atoms with E-state index in [0.29, 0.717) is 12.1 Å². The first kappa shape index (κ1) is 11.1. The summed E-state index contributed by atoms with van der Waals surface area (Å²) in [6.07, 6.45) is 0. The number of halogens is 1. The minimum atomic E-state index is -0.164. The molecule has 1 aromatic rings. The molecule has 0 aliphatic rings. The monoisotopic (exact) mass is 196 g/mol. The number of hydrogen-bond donors (Lipinski definition) is 1. The third-order valence-corrected chi connectivity index (χ3v) is 2.43. The largest absolute Gasteiger partial charge is 0.329 e. The lowest BCUT2D eigenvalue weighted by Crippen LogP contribution is -2.27. The molecule has 0 heterocycles. The maximum absolute atomic E-state index is 13.3. The summed E-state index contributed by atoms with van der Waals surface area (Å²) >= 11 is 0. The van der Waals surface area contributed by atoms with Gasteiger partial charge in [-0.15, -0.1) is 0 Å². The summed E-state index contributed by atoms with van der Waals surface area (Å²) in [6, 6.07) is 5.37. The fourth-order valence-corrected chi connectivity index (χ4v) is 1.46. The highest BCUT2D eigenvalue weighted by atomic mass is 19.1. The van der Waals surface area contributed by atoms with Gasteiger partial charge in [0.05, 0.1) is 0 Å². The zero-order valence-corrected chi connectivity index (χ0v) is 8.92. The predicted octanol–water partition coefficient (Wildman–Crippen LogP) is 1.70. The van der Waals surface area contributed by atoms with Crippen LogP contribution in [0.2, 0.25) is 0 Å². The van der Waals surface area contributed by atoms with Gasteiger partial charge in [-0.3, -0.25) is 0 Å². The summed E-state index contributed by atoms with van der Waals surface area (Å²) in [4.78, 5) is 1.99. The zero-order valence-electron chi connectivity index (χ0n) is 8.92. The van der Waals surface area contributed by atoms with Crippen LogP contribution in [0.5, 0.6) is 0 Å². The molecule has 14 heavy (non-hydrogen) atoms. The number of hydrogen-bond acceptors (Lipinski definition) is 2. The molecule has 0 unspecified atom stereocenters. The Labute approximate surface area is 84.5 Å². The Balaban J connectivity index is 3.00. The van der Waals surface area contributed by atoms with Crippen LogP contribution in [0.3, 0.4) is 0 Å². The van der Waals surface area contributed by atoms with E-state index in [0.717, 1.165) is 5.56 Å². The third kappa shape index (κ3) is 2.30. The van der Waals surface area contributed by atoms with Gasteiger partial charge in [-0.1, -0.05) is 12.1 Å². The lowest BCUT2D eigenvalue weighted by Gasteiger charge is -2.23. The van der Waals surface area contributed by atoms with E-state index in [4.69, 9.17) is 5.73 Å². The summed E-state index contributed by atoms with van der Waals surface area (Å²) in [5.41, 5.74) is 7.23. The van der Waals surface area contributed by atoms with E-state index in [9.17, 15) is 4.39 Å². The maximum atomic E-state index is 13.3. The Hall–Kier alpha value is -0.930. The molecular weight excluding hydrogens is 179 g/mol. The number of likely N-dealkylation sites (N-methyl/N-ethyl adjacent to an activating group) is 1. The van der Waals surface area contributed by atoms with Crippen molar-refractivity contribution in [2.24, 2.45) is 5.73 Å². The van der Waals surface area contributed by atoms with Crippen molar-refractivity contribution < 1.29 is 4.39 Å². The van der Waals surface area contributed by atoms with E-state index in [1.807, 2.05) is 25.1 Å². The number of rotatable bonds is 3. The predicted molar refractivity (Wildman–Crippen MR) is 56.6 cm³/mol. The van der Waals surface area contributed by atoms with Crippen LogP contribution in [-0.4, -0.2) is 25.5 Å². The average Bonchev–Trinajstić information content (AvgIpc) is 2.11. The van der Waals surface area contributed by atoms with Gasteiger partial charge >= 0.3 is 0 Å². The SMILES string of the molecule is Cc1ccc([C@@H](CN)N(C)C)cc1F. The van der Waals surface area contributed by atoms with E-state index in [2.05, 4.69) is 0 Å². The molecule has 0 saturated heterocycles. The molecule has 0 spiro atoms. The van der Waals surface area contributed by atoms with Gasteiger partial charge < -0.3 is 10.6 Å². The van der Waals surface area contributed by atoms with E-state index in [-0.39, 0.29) is 11.9 Å². The quantitative estimate of drug-likeness (QED) is 0.797.